The van der Waals surface area contributed by atoms with E-state index >= 15 is 0 Å². The van der Waals surface area contributed by atoms with Crippen LogP contribution in [-0.4, -0.2) is 13.1 Å². The summed E-state index contributed by atoms with van der Waals surface area (Å²) in [5.41, 5.74) is 2.28. The maximum atomic E-state index is 11.9. The van der Waals surface area contributed by atoms with E-state index in [1.54, 1.807) is 14.0 Å². The average molecular weight is 308 g/mol. The normalized spacial score (nSPS) is 11.9. The molecule has 0 bridgehead atoms. The van der Waals surface area contributed by atoms with Gasteiger partial charge < -0.3 is 9.47 Å². The second-order valence-corrected chi connectivity index (χ2v) is 5.15. The molecule has 118 valence electrons. The van der Waals surface area contributed by atoms with Crippen molar-refractivity contribution in [3.63, 3.8) is 0 Å². The number of rotatable bonds is 6. The van der Waals surface area contributed by atoms with E-state index in [4.69, 9.17) is 9.47 Å². The zero-order chi connectivity index (χ0) is 16.7. The Hall–Kier alpha value is -2.81. The topological polar surface area (TPSA) is 35.5 Å². The van der Waals surface area contributed by atoms with Crippen LogP contribution >= 0.6 is 0 Å². The van der Waals surface area contributed by atoms with Gasteiger partial charge in [-0.2, -0.15) is 0 Å². The fraction of sp³-hybridized carbons (Fsp3) is 0.150. The van der Waals surface area contributed by atoms with E-state index < -0.39 is 12.1 Å². The van der Waals surface area contributed by atoms with Gasteiger partial charge in [-0.25, -0.2) is 4.79 Å². The van der Waals surface area contributed by atoms with Crippen LogP contribution in [0.4, 0.5) is 0 Å². The highest BCUT2D eigenvalue weighted by molar-refractivity contribution is 5.87. The fourth-order valence-electron chi connectivity index (χ4n) is 1.99. The molecule has 0 amide bonds. The van der Waals surface area contributed by atoms with Crippen LogP contribution in [0, 0.1) is 0 Å². The molecule has 0 N–H and O–H groups in total. The third-order valence-corrected chi connectivity index (χ3v) is 3.29. The summed E-state index contributed by atoms with van der Waals surface area (Å²) in [6.07, 6.45) is 3.31. The van der Waals surface area contributed by atoms with Gasteiger partial charge in [0.25, 0.3) is 0 Å². The van der Waals surface area contributed by atoms with Gasteiger partial charge in [0.15, 0.2) is 0 Å². The fourth-order valence-corrected chi connectivity index (χ4v) is 1.99. The molecule has 2 aromatic carbocycles. The molecule has 0 heterocycles. The number of carbonyl (C=O) groups excluding carboxylic acids is 1. The highest BCUT2D eigenvalue weighted by Crippen LogP contribution is 2.24. The number of ether oxygens (including phenoxy) is 2. The molecule has 0 radical (unpaired) electrons. The number of methoxy groups -OCH3 is 1. The molecule has 3 nitrogen and oxygen atoms in total. The van der Waals surface area contributed by atoms with Crippen LogP contribution in [0.25, 0.3) is 6.08 Å². The van der Waals surface area contributed by atoms with E-state index in [-0.39, 0.29) is 0 Å². The van der Waals surface area contributed by atoms with Crippen molar-refractivity contribution in [3.05, 3.63) is 84.0 Å². The van der Waals surface area contributed by atoms with Crippen molar-refractivity contribution in [1.29, 1.82) is 0 Å². The van der Waals surface area contributed by atoms with Crippen molar-refractivity contribution in [2.45, 2.75) is 13.0 Å². The number of benzene rings is 2. The number of hydrogen-bond donors (Lipinski definition) is 0. The SMILES string of the molecule is C=C(C)C(=O)OC(C=Cc1ccccc1)c1ccc(OC)cc1. The second-order valence-electron chi connectivity index (χ2n) is 5.15. The van der Waals surface area contributed by atoms with Gasteiger partial charge in [-0.15, -0.1) is 0 Å². The van der Waals surface area contributed by atoms with Gasteiger partial charge in [-0.1, -0.05) is 55.1 Å². The standard InChI is InChI=1S/C20H20O3/c1-15(2)20(21)23-19(14-9-16-7-5-4-6-8-16)17-10-12-18(22-3)13-11-17/h4-14,19H,1H2,2-3H3. The van der Waals surface area contributed by atoms with Crippen LogP contribution in [0.5, 0.6) is 5.75 Å². The summed E-state index contributed by atoms with van der Waals surface area (Å²) in [6.45, 7) is 5.26. The molecule has 0 aliphatic rings. The lowest BCUT2D eigenvalue weighted by Crippen LogP contribution is -2.10. The van der Waals surface area contributed by atoms with E-state index in [0.29, 0.717) is 5.57 Å². The molecule has 23 heavy (non-hydrogen) atoms. The molecular formula is C20H20O3. The van der Waals surface area contributed by atoms with Gasteiger partial charge in [0.05, 0.1) is 7.11 Å². The summed E-state index contributed by atoms with van der Waals surface area (Å²) in [7, 11) is 1.61. The summed E-state index contributed by atoms with van der Waals surface area (Å²) in [4.78, 5) is 11.9. The first-order valence-electron chi connectivity index (χ1n) is 7.34. The van der Waals surface area contributed by atoms with Crippen molar-refractivity contribution in [2.24, 2.45) is 0 Å². The maximum Gasteiger partial charge on any atom is 0.334 e. The Kier molecular flexibility index (Phi) is 5.75. The summed E-state index contributed by atoms with van der Waals surface area (Å²) in [5.74, 6) is 0.342. The summed E-state index contributed by atoms with van der Waals surface area (Å²) in [5, 5.41) is 0. The maximum absolute atomic E-state index is 11.9. The molecule has 0 aliphatic heterocycles. The Balaban J connectivity index is 2.25. The van der Waals surface area contributed by atoms with Crippen LogP contribution < -0.4 is 4.74 Å². The Morgan fingerprint density at radius 1 is 1.09 bits per heavy atom. The second kappa shape index (κ2) is 7.99. The molecule has 0 saturated carbocycles. The highest BCUT2D eigenvalue weighted by Gasteiger charge is 2.14. The quantitative estimate of drug-likeness (QED) is 0.579. The zero-order valence-electron chi connectivity index (χ0n) is 13.4. The minimum Gasteiger partial charge on any atom is -0.497 e. The van der Waals surface area contributed by atoms with E-state index in [1.807, 2.05) is 66.7 Å². The largest absolute Gasteiger partial charge is 0.497 e. The zero-order valence-corrected chi connectivity index (χ0v) is 13.4. The van der Waals surface area contributed by atoms with Crippen LogP contribution in [0.3, 0.4) is 0 Å². The van der Waals surface area contributed by atoms with Crippen molar-refractivity contribution < 1.29 is 14.3 Å². The van der Waals surface area contributed by atoms with Gasteiger partial charge in [0.1, 0.15) is 11.9 Å². The van der Waals surface area contributed by atoms with Gasteiger partial charge in [-0.05, 0) is 36.3 Å². The van der Waals surface area contributed by atoms with Gasteiger partial charge in [0.2, 0.25) is 0 Å². The first kappa shape index (κ1) is 16.6. The molecule has 0 spiro atoms. The smallest absolute Gasteiger partial charge is 0.334 e. The number of esters is 1. The van der Waals surface area contributed by atoms with Crippen LogP contribution in [0.2, 0.25) is 0 Å². The third-order valence-electron chi connectivity index (χ3n) is 3.29. The predicted octanol–water partition coefficient (Wildman–Crippen LogP) is 4.57. The minimum absolute atomic E-state index is 0.372. The van der Waals surface area contributed by atoms with Crippen molar-refractivity contribution in [3.8, 4) is 5.75 Å². The molecular weight excluding hydrogens is 288 g/mol. The molecule has 1 unspecified atom stereocenters. The Labute approximate surface area is 136 Å². The molecule has 0 fully saturated rings. The molecule has 2 rings (SSSR count). The summed E-state index contributed by atoms with van der Waals surface area (Å²) in [6, 6.07) is 17.3. The summed E-state index contributed by atoms with van der Waals surface area (Å²) < 4.78 is 10.7. The lowest BCUT2D eigenvalue weighted by atomic mass is 10.1. The average Bonchev–Trinajstić information content (AvgIpc) is 2.59. The lowest BCUT2D eigenvalue weighted by Gasteiger charge is -2.15. The van der Waals surface area contributed by atoms with Gasteiger partial charge in [-0.3, -0.25) is 0 Å². The molecule has 1 atom stereocenters. The minimum atomic E-state index is -0.481. The molecule has 2 aromatic rings. The molecule has 0 aromatic heterocycles. The third kappa shape index (κ3) is 4.85. The first-order chi connectivity index (χ1) is 11.1. The number of carbonyl (C=O) groups is 1. The highest BCUT2D eigenvalue weighted by atomic mass is 16.5. The summed E-state index contributed by atoms with van der Waals surface area (Å²) >= 11 is 0. The van der Waals surface area contributed by atoms with Gasteiger partial charge in [0, 0.05) is 5.57 Å². The Morgan fingerprint density at radius 2 is 1.74 bits per heavy atom. The van der Waals surface area contributed by atoms with Crippen LogP contribution in [0.15, 0.2) is 72.8 Å². The van der Waals surface area contributed by atoms with E-state index in [0.717, 1.165) is 16.9 Å². The van der Waals surface area contributed by atoms with Crippen molar-refractivity contribution in [1.82, 2.24) is 0 Å². The van der Waals surface area contributed by atoms with Crippen molar-refractivity contribution >= 4 is 12.0 Å². The van der Waals surface area contributed by atoms with Crippen molar-refractivity contribution in [2.75, 3.05) is 7.11 Å². The lowest BCUT2D eigenvalue weighted by molar-refractivity contribution is -0.142. The van der Waals surface area contributed by atoms with E-state index in [1.165, 1.54) is 0 Å². The van der Waals surface area contributed by atoms with Crippen LogP contribution in [0.1, 0.15) is 24.2 Å². The van der Waals surface area contributed by atoms with E-state index in [9.17, 15) is 4.79 Å². The first-order valence-corrected chi connectivity index (χ1v) is 7.34. The Bertz CT molecular complexity index is 685. The Morgan fingerprint density at radius 3 is 2.30 bits per heavy atom. The monoisotopic (exact) mass is 308 g/mol. The van der Waals surface area contributed by atoms with E-state index in [2.05, 4.69) is 6.58 Å². The molecule has 0 saturated heterocycles. The number of hydrogen-bond acceptors (Lipinski definition) is 3. The van der Waals surface area contributed by atoms with Gasteiger partial charge >= 0.3 is 5.97 Å². The molecule has 3 heteroatoms. The van der Waals surface area contributed by atoms with Crippen LogP contribution in [-0.2, 0) is 9.53 Å². The molecule has 0 aliphatic carbocycles. The predicted molar refractivity (Wildman–Crippen MR) is 92.1 cm³/mol.